The number of aryl methyl sites for hydroxylation is 1. The molecule has 2 aliphatic heterocycles. The molecular formula is C30H28N4O4S. The third-order valence-corrected chi connectivity index (χ3v) is 7.57. The van der Waals surface area contributed by atoms with E-state index in [1.807, 2.05) is 37.3 Å². The fourth-order valence-electron chi connectivity index (χ4n) is 5.30. The van der Waals surface area contributed by atoms with Gasteiger partial charge in [0.25, 0.3) is 0 Å². The Hall–Kier alpha value is -4.21. The second-order valence-corrected chi connectivity index (χ2v) is 10.0. The lowest BCUT2D eigenvalue weighted by atomic mass is 10.0. The normalized spacial score (nSPS) is 19.3. The number of thiocarbonyl (C=S) groups is 1. The van der Waals surface area contributed by atoms with E-state index < -0.39 is 5.97 Å². The van der Waals surface area contributed by atoms with Crippen molar-refractivity contribution in [3.8, 4) is 11.3 Å². The molecule has 39 heavy (non-hydrogen) atoms. The molecule has 8 nitrogen and oxygen atoms in total. The number of carboxylic acid groups (broad SMARTS) is 1. The monoisotopic (exact) mass is 540 g/mol. The van der Waals surface area contributed by atoms with Crippen LogP contribution in [0.1, 0.15) is 39.5 Å². The first kappa shape index (κ1) is 25.1. The highest BCUT2D eigenvalue weighted by Gasteiger charge is 2.42. The highest BCUT2D eigenvalue weighted by molar-refractivity contribution is 7.80. The summed E-state index contributed by atoms with van der Waals surface area (Å²) in [6, 6.07) is 22.7. The number of hydrogen-bond acceptors (Lipinski definition) is 6. The van der Waals surface area contributed by atoms with Crippen LogP contribution in [0.25, 0.3) is 11.3 Å². The number of anilines is 2. The number of nitrogens with one attached hydrogen (secondary N) is 1. The van der Waals surface area contributed by atoms with Crippen LogP contribution in [0.15, 0.2) is 83.4 Å². The van der Waals surface area contributed by atoms with E-state index >= 15 is 0 Å². The summed E-state index contributed by atoms with van der Waals surface area (Å²) < 4.78 is 12.0. The van der Waals surface area contributed by atoms with E-state index in [0.29, 0.717) is 10.9 Å². The standard InChI is InChI=1S/C30H28N4O4S/c1-19-18-20(29(35)36)5-10-23(19)25-11-12-26(38-25)28-27(24-4-2-3-13-31-24)32-30(39)34(28)22-8-6-21(7-9-22)33-14-16-37-17-15-33/h2-13,18,27-28H,14-17H2,1H3,(H,32,39)(H,35,36)/t27-,28-/m0/s1. The Morgan fingerprint density at radius 3 is 2.49 bits per heavy atom. The topological polar surface area (TPSA) is 91.1 Å². The van der Waals surface area contributed by atoms with E-state index in [0.717, 1.165) is 60.3 Å². The van der Waals surface area contributed by atoms with E-state index in [1.165, 1.54) is 0 Å². The van der Waals surface area contributed by atoms with Crippen molar-refractivity contribution in [3.63, 3.8) is 0 Å². The van der Waals surface area contributed by atoms with Crippen LogP contribution in [0.3, 0.4) is 0 Å². The summed E-state index contributed by atoms with van der Waals surface area (Å²) in [6.45, 7) is 5.09. The van der Waals surface area contributed by atoms with Crippen LogP contribution < -0.4 is 15.1 Å². The predicted molar refractivity (Wildman–Crippen MR) is 153 cm³/mol. The van der Waals surface area contributed by atoms with Crippen molar-refractivity contribution < 1.29 is 19.1 Å². The number of morpholine rings is 1. The number of carbonyl (C=O) groups is 1. The van der Waals surface area contributed by atoms with Gasteiger partial charge in [-0.3, -0.25) is 4.98 Å². The van der Waals surface area contributed by atoms with Crippen LogP contribution in [0.2, 0.25) is 0 Å². The molecular weight excluding hydrogens is 512 g/mol. The van der Waals surface area contributed by atoms with E-state index in [1.54, 1.807) is 24.4 Å². The van der Waals surface area contributed by atoms with Gasteiger partial charge < -0.3 is 29.4 Å². The van der Waals surface area contributed by atoms with Gasteiger partial charge >= 0.3 is 5.97 Å². The van der Waals surface area contributed by atoms with Crippen LogP contribution >= 0.6 is 12.2 Å². The molecule has 2 aromatic carbocycles. The Morgan fingerprint density at radius 1 is 1.03 bits per heavy atom. The largest absolute Gasteiger partial charge is 0.478 e. The Morgan fingerprint density at radius 2 is 1.79 bits per heavy atom. The van der Waals surface area contributed by atoms with Crippen LogP contribution in [0.5, 0.6) is 0 Å². The van der Waals surface area contributed by atoms with Gasteiger partial charge in [0.1, 0.15) is 17.6 Å². The quantitative estimate of drug-likeness (QED) is 0.314. The molecule has 0 saturated carbocycles. The summed E-state index contributed by atoms with van der Waals surface area (Å²) in [7, 11) is 0. The van der Waals surface area contributed by atoms with Crippen molar-refractivity contribution in [3.05, 3.63) is 102 Å². The average molecular weight is 541 g/mol. The molecule has 0 aliphatic carbocycles. The fourth-order valence-corrected chi connectivity index (χ4v) is 5.64. The Labute approximate surface area is 231 Å². The zero-order valence-electron chi connectivity index (χ0n) is 21.4. The third-order valence-electron chi connectivity index (χ3n) is 7.26. The van der Waals surface area contributed by atoms with Crippen molar-refractivity contribution in [1.29, 1.82) is 0 Å². The van der Waals surface area contributed by atoms with Gasteiger partial charge in [0, 0.05) is 36.2 Å². The number of furan rings is 1. The van der Waals surface area contributed by atoms with Gasteiger partial charge in [-0.15, -0.1) is 0 Å². The Balaban J connectivity index is 1.37. The summed E-state index contributed by atoms with van der Waals surface area (Å²) >= 11 is 5.86. The summed E-state index contributed by atoms with van der Waals surface area (Å²) in [5, 5.41) is 13.4. The molecule has 2 aromatic heterocycles. The molecule has 0 spiro atoms. The van der Waals surface area contributed by atoms with E-state index in [9.17, 15) is 9.90 Å². The maximum Gasteiger partial charge on any atom is 0.335 e. The van der Waals surface area contributed by atoms with E-state index in [2.05, 4.69) is 44.4 Å². The summed E-state index contributed by atoms with van der Waals surface area (Å²) in [6.07, 6.45) is 1.78. The number of hydrogen-bond donors (Lipinski definition) is 2. The number of ether oxygens (including phenoxy) is 1. The lowest BCUT2D eigenvalue weighted by Gasteiger charge is -2.30. The smallest absolute Gasteiger partial charge is 0.335 e. The van der Waals surface area contributed by atoms with Gasteiger partial charge in [-0.1, -0.05) is 12.1 Å². The maximum absolute atomic E-state index is 11.4. The minimum atomic E-state index is -0.955. The lowest BCUT2D eigenvalue weighted by Crippen LogP contribution is -2.36. The van der Waals surface area contributed by atoms with Gasteiger partial charge in [0.05, 0.1) is 30.5 Å². The molecule has 0 bridgehead atoms. The van der Waals surface area contributed by atoms with Gasteiger partial charge in [-0.2, -0.15) is 0 Å². The number of benzene rings is 2. The molecule has 4 heterocycles. The lowest BCUT2D eigenvalue weighted by molar-refractivity contribution is 0.0696. The molecule has 2 aliphatic rings. The number of aromatic nitrogens is 1. The first-order valence-electron chi connectivity index (χ1n) is 12.9. The van der Waals surface area contributed by atoms with Crippen LogP contribution in [-0.2, 0) is 4.74 Å². The van der Waals surface area contributed by atoms with E-state index in [4.69, 9.17) is 21.4 Å². The highest BCUT2D eigenvalue weighted by atomic mass is 32.1. The van der Waals surface area contributed by atoms with Gasteiger partial charge in [0.2, 0.25) is 0 Å². The average Bonchev–Trinajstić information content (AvgIpc) is 3.58. The molecule has 2 N–H and O–H groups in total. The van der Waals surface area contributed by atoms with Crippen molar-refractivity contribution in [1.82, 2.24) is 10.3 Å². The van der Waals surface area contributed by atoms with Crippen molar-refractivity contribution in [2.24, 2.45) is 0 Å². The Bertz CT molecular complexity index is 1500. The Kier molecular flexibility index (Phi) is 6.76. The molecule has 0 unspecified atom stereocenters. The number of pyridine rings is 1. The molecule has 2 fully saturated rings. The van der Waals surface area contributed by atoms with Crippen molar-refractivity contribution >= 4 is 34.7 Å². The molecule has 0 radical (unpaired) electrons. The zero-order chi connectivity index (χ0) is 26.9. The van der Waals surface area contributed by atoms with Gasteiger partial charge in [-0.05, 0) is 85.4 Å². The van der Waals surface area contributed by atoms with Crippen LogP contribution in [0.4, 0.5) is 11.4 Å². The van der Waals surface area contributed by atoms with E-state index in [-0.39, 0.29) is 17.6 Å². The van der Waals surface area contributed by atoms with Crippen LogP contribution in [0, 0.1) is 6.92 Å². The SMILES string of the molecule is Cc1cc(C(=O)O)ccc1-c1ccc([C@H]2[C@H](c3ccccn3)NC(=S)N2c2ccc(N3CCOCC3)cc2)o1. The zero-order valence-corrected chi connectivity index (χ0v) is 22.2. The highest BCUT2D eigenvalue weighted by Crippen LogP contribution is 2.43. The third kappa shape index (κ3) is 4.86. The van der Waals surface area contributed by atoms with Gasteiger partial charge in [-0.25, -0.2) is 4.79 Å². The number of aromatic carboxylic acids is 1. The molecule has 2 saturated heterocycles. The second kappa shape index (κ2) is 10.5. The molecule has 9 heteroatoms. The summed E-state index contributed by atoms with van der Waals surface area (Å²) in [5.41, 5.74) is 4.88. The summed E-state index contributed by atoms with van der Waals surface area (Å²) in [5.74, 6) is 0.440. The number of rotatable bonds is 6. The molecule has 198 valence electrons. The fraction of sp³-hybridized carbons (Fsp3) is 0.233. The predicted octanol–water partition coefficient (Wildman–Crippen LogP) is 5.36. The first-order chi connectivity index (χ1) is 19.0. The number of nitrogens with zero attached hydrogens (tertiary/aromatic N) is 3. The molecule has 4 aromatic rings. The van der Waals surface area contributed by atoms with Crippen LogP contribution in [-0.4, -0.2) is 47.5 Å². The first-order valence-corrected chi connectivity index (χ1v) is 13.3. The molecule has 6 rings (SSSR count). The maximum atomic E-state index is 11.4. The van der Waals surface area contributed by atoms with Crippen molar-refractivity contribution in [2.75, 3.05) is 36.1 Å². The van der Waals surface area contributed by atoms with Crippen molar-refractivity contribution in [2.45, 2.75) is 19.0 Å². The second-order valence-electron chi connectivity index (χ2n) is 9.65. The molecule has 2 atom stereocenters. The minimum absolute atomic E-state index is 0.230. The minimum Gasteiger partial charge on any atom is -0.478 e. The summed E-state index contributed by atoms with van der Waals surface area (Å²) in [4.78, 5) is 20.4. The molecule has 0 amide bonds. The number of carboxylic acids is 1. The van der Waals surface area contributed by atoms with Gasteiger partial charge in [0.15, 0.2) is 5.11 Å².